The van der Waals surface area contributed by atoms with E-state index in [1.54, 1.807) is 11.3 Å². The second-order valence-electron chi connectivity index (χ2n) is 4.44. The van der Waals surface area contributed by atoms with Gasteiger partial charge in [-0.25, -0.2) is 0 Å². The van der Waals surface area contributed by atoms with Gasteiger partial charge >= 0.3 is 0 Å². The Bertz CT molecular complexity index is 347. The van der Waals surface area contributed by atoms with Crippen LogP contribution in [0.5, 0.6) is 0 Å². The first-order valence-electron chi connectivity index (χ1n) is 5.89. The molecule has 0 fully saturated rings. The van der Waals surface area contributed by atoms with Crippen LogP contribution in [-0.2, 0) is 0 Å². The molecule has 3 N–H and O–H groups in total. The Morgan fingerprint density at radius 2 is 2.06 bits per heavy atom. The van der Waals surface area contributed by atoms with E-state index in [0.717, 1.165) is 22.7 Å². The monoisotopic (exact) mass is 275 g/mol. The number of rotatable bonds is 6. The van der Waals surface area contributed by atoms with Crippen LogP contribution in [0.25, 0.3) is 0 Å². The van der Waals surface area contributed by atoms with Crippen molar-refractivity contribution in [3.8, 4) is 0 Å². The molecular formula is C12H22ClN3S. The molecule has 0 aromatic carbocycles. The highest BCUT2D eigenvalue weighted by molar-refractivity contribution is 7.10. The molecule has 1 atom stereocenters. The van der Waals surface area contributed by atoms with Crippen molar-refractivity contribution in [3.63, 3.8) is 0 Å². The number of hydrogen-bond acceptors (Lipinski definition) is 4. The maximum absolute atomic E-state index is 6.23. The van der Waals surface area contributed by atoms with Crippen LogP contribution in [0.2, 0.25) is 5.02 Å². The van der Waals surface area contributed by atoms with Crippen molar-refractivity contribution >= 4 is 22.9 Å². The summed E-state index contributed by atoms with van der Waals surface area (Å²) in [6.45, 7) is 4.38. The van der Waals surface area contributed by atoms with Crippen molar-refractivity contribution in [3.05, 3.63) is 21.3 Å². The van der Waals surface area contributed by atoms with E-state index in [1.165, 1.54) is 0 Å². The maximum Gasteiger partial charge on any atom is 0.0751 e. The quantitative estimate of drug-likeness (QED) is 0.619. The van der Waals surface area contributed by atoms with Crippen molar-refractivity contribution in [2.75, 3.05) is 14.1 Å². The summed E-state index contributed by atoms with van der Waals surface area (Å²) in [6.07, 6.45) is 2.03. The molecule has 0 spiro atoms. The van der Waals surface area contributed by atoms with Crippen LogP contribution in [0.4, 0.5) is 0 Å². The molecule has 1 heterocycles. The third kappa shape index (κ3) is 2.66. The summed E-state index contributed by atoms with van der Waals surface area (Å²) < 4.78 is 0. The van der Waals surface area contributed by atoms with Gasteiger partial charge in [0.1, 0.15) is 0 Å². The number of hydrogen-bond donors (Lipinski definition) is 2. The minimum atomic E-state index is -0.0107. The normalized spacial score (nSPS) is 14.3. The summed E-state index contributed by atoms with van der Waals surface area (Å²) in [6, 6.07) is 1.98. The largest absolute Gasteiger partial charge is 0.302 e. The predicted octanol–water partition coefficient (Wildman–Crippen LogP) is 3.03. The number of hydrazine groups is 1. The van der Waals surface area contributed by atoms with E-state index in [0.29, 0.717) is 0 Å². The highest BCUT2D eigenvalue weighted by Crippen LogP contribution is 2.40. The zero-order valence-electron chi connectivity index (χ0n) is 11.0. The van der Waals surface area contributed by atoms with Crippen molar-refractivity contribution < 1.29 is 0 Å². The van der Waals surface area contributed by atoms with Crippen molar-refractivity contribution in [2.45, 2.75) is 38.3 Å². The molecule has 0 amide bonds. The van der Waals surface area contributed by atoms with Gasteiger partial charge in [-0.05, 0) is 38.4 Å². The number of nitrogens with one attached hydrogen (secondary N) is 1. The van der Waals surface area contributed by atoms with Gasteiger partial charge in [0.05, 0.1) is 11.1 Å². The first kappa shape index (κ1) is 14.9. The van der Waals surface area contributed by atoms with Crippen LogP contribution < -0.4 is 11.3 Å². The Morgan fingerprint density at radius 3 is 2.35 bits per heavy atom. The fourth-order valence-electron chi connectivity index (χ4n) is 2.54. The standard InChI is InChI=1S/C12H22ClN3S/c1-5-12(6-2,16(3)4)11(15-14)10-9(13)7-8-17-10/h7-8,11,15H,5-6,14H2,1-4H3. The van der Waals surface area contributed by atoms with Crippen LogP contribution in [0.3, 0.4) is 0 Å². The van der Waals surface area contributed by atoms with Gasteiger partial charge in [0, 0.05) is 10.4 Å². The molecule has 1 rings (SSSR count). The highest BCUT2D eigenvalue weighted by Gasteiger charge is 2.39. The van der Waals surface area contributed by atoms with Crippen LogP contribution in [0.15, 0.2) is 11.4 Å². The minimum Gasteiger partial charge on any atom is -0.302 e. The molecule has 1 aromatic rings. The summed E-state index contributed by atoms with van der Waals surface area (Å²) in [5, 5.41) is 2.80. The van der Waals surface area contributed by atoms with Gasteiger partial charge in [0.25, 0.3) is 0 Å². The van der Waals surface area contributed by atoms with Gasteiger partial charge < -0.3 is 4.90 Å². The lowest BCUT2D eigenvalue weighted by molar-refractivity contribution is 0.0898. The molecule has 5 heteroatoms. The van der Waals surface area contributed by atoms with E-state index in [4.69, 9.17) is 17.4 Å². The zero-order chi connectivity index (χ0) is 13.1. The van der Waals surface area contributed by atoms with Crippen LogP contribution >= 0.6 is 22.9 Å². The Balaban J connectivity index is 3.19. The molecule has 3 nitrogen and oxygen atoms in total. The van der Waals surface area contributed by atoms with Crippen molar-refractivity contribution in [2.24, 2.45) is 5.84 Å². The summed E-state index contributed by atoms with van der Waals surface area (Å²) in [4.78, 5) is 3.36. The molecule has 0 aliphatic heterocycles. The fourth-order valence-corrected chi connectivity index (χ4v) is 3.87. The first-order valence-corrected chi connectivity index (χ1v) is 7.15. The third-order valence-corrected chi connectivity index (χ3v) is 5.15. The molecule has 1 aromatic heterocycles. The molecular weight excluding hydrogens is 254 g/mol. The SMILES string of the molecule is CCC(CC)(C(NN)c1sccc1Cl)N(C)C. The van der Waals surface area contributed by atoms with Gasteiger partial charge in [-0.1, -0.05) is 25.4 Å². The van der Waals surface area contributed by atoms with E-state index in [1.807, 2.05) is 11.4 Å². The predicted molar refractivity (Wildman–Crippen MR) is 76.4 cm³/mol. The van der Waals surface area contributed by atoms with E-state index in [2.05, 4.69) is 38.3 Å². The summed E-state index contributed by atoms with van der Waals surface area (Å²) in [7, 11) is 4.19. The second-order valence-corrected chi connectivity index (χ2v) is 5.79. The molecule has 0 aliphatic rings. The fraction of sp³-hybridized carbons (Fsp3) is 0.667. The summed E-state index contributed by atoms with van der Waals surface area (Å²) in [5.41, 5.74) is 2.94. The van der Waals surface area contributed by atoms with E-state index < -0.39 is 0 Å². The van der Waals surface area contributed by atoms with Gasteiger partial charge in [-0.3, -0.25) is 11.3 Å². The second kappa shape index (κ2) is 6.16. The summed E-state index contributed by atoms with van der Waals surface area (Å²) in [5.74, 6) is 5.78. The van der Waals surface area contributed by atoms with Crippen LogP contribution in [-0.4, -0.2) is 24.5 Å². The Labute approximate surface area is 113 Å². The Morgan fingerprint density at radius 1 is 1.47 bits per heavy atom. The van der Waals surface area contributed by atoms with E-state index in [9.17, 15) is 0 Å². The van der Waals surface area contributed by atoms with Gasteiger partial charge in [-0.15, -0.1) is 11.3 Å². The summed E-state index contributed by atoms with van der Waals surface area (Å²) >= 11 is 7.89. The minimum absolute atomic E-state index is 0.0107. The number of nitrogens with zero attached hydrogens (tertiary/aromatic N) is 1. The first-order chi connectivity index (χ1) is 8.03. The molecule has 1 unspecified atom stereocenters. The van der Waals surface area contributed by atoms with E-state index >= 15 is 0 Å². The Hall–Kier alpha value is -0.130. The zero-order valence-corrected chi connectivity index (χ0v) is 12.5. The smallest absolute Gasteiger partial charge is 0.0751 e. The van der Waals surface area contributed by atoms with Crippen molar-refractivity contribution in [1.82, 2.24) is 10.3 Å². The molecule has 0 bridgehead atoms. The average Bonchev–Trinajstić information content (AvgIpc) is 2.72. The third-order valence-electron chi connectivity index (χ3n) is 3.73. The lowest BCUT2D eigenvalue weighted by Crippen LogP contribution is -2.54. The molecule has 0 radical (unpaired) electrons. The Kier molecular flexibility index (Phi) is 5.41. The number of nitrogens with two attached hydrogens (primary N) is 1. The molecule has 98 valence electrons. The highest BCUT2D eigenvalue weighted by atomic mass is 35.5. The maximum atomic E-state index is 6.23. The van der Waals surface area contributed by atoms with E-state index in [-0.39, 0.29) is 11.6 Å². The number of halogens is 1. The lowest BCUT2D eigenvalue weighted by Gasteiger charge is -2.44. The van der Waals surface area contributed by atoms with Gasteiger partial charge in [-0.2, -0.15) is 0 Å². The number of thiophene rings is 1. The molecule has 17 heavy (non-hydrogen) atoms. The molecule has 0 saturated heterocycles. The van der Waals surface area contributed by atoms with Crippen LogP contribution in [0.1, 0.15) is 37.6 Å². The average molecular weight is 276 g/mol. The number of likely N-dealkylation sites (N-methyl/N-ethyl adjacent to an activating group) is 1. The molecule has 0 saturated carbocycles. The van der Waals surface area contributed by atoms with Gasteiger partial charge in [0.2, 0.25) is 0 Å². The lowest BCUT2D eigenvalue weighted by atomic mass is 9.82. The topological polar surface area (TPSA) is 41.3 Å². The van der Waals surface area contributed by atoms with Crippen molar-refractivity contribution in [1.29, 1.82) is 0 Å². The van der Waals surface area contributed by atoms with Crippen LogP contribution in [0, 0.1) is 0 Å². The van der Waals surface area contributed by atoms with Gasteiger partial charge in [0.15, 0.2) is 0 Å². The molecule has 0 aliphatic carbocycles.